The maximum atomic E-state index is 14.8. The lowest BCUT2D eigenvalue weighted by atomic mass is 10.0. The largest absolute Gasteiger partial charge is 0.497 e. The van der Waals surface area contributed by atoms with Gasteiger partial charge < -0.3 is 26.5 Å². The zero-order chi connectivity index (χ0) is 26.9. The van der Waals surface area contributed by atoms with Gasteiger partial charge in [-0.1, -0.05) is 0 Å². The smallest absolute Gasteiger partial charge is 0.265 e. The number of hydrogen-bond acceptors (Lipinski definition) is 7. The summed E-state index contributed by atoms with van der Waals surface area (Å²) in [6.07, 6.45) is 1.25. The zero-order valence-corrected chi connectivity index (χ0v) is 21.4. The number of primary amides is 1. The lowest BCUT2D eigenvalue weighted by Crippen LogP contribution is -2.21. The fourth-order valence-corrected chi connectivity index (χ4v) is 4.65. The van der Waals surface area contributed by atoms with Crippen LogP contribution in [0, 0.1) is 25.1 Å². The minimum Gasteiger partial charge on any atom is -0.497 e. The highest BCUT2D eigenvalue weighted by Gasteiger charge is 2.19. The maximum Gasteiger partial charge on any atom is 0.265 e. The molecule has 11 heteroatoms. The van der Waals surface area contributed by atoms with Crippen molar-refractivity contribution >= 4 is 50.5 Å². The number of nitrogens with zero attached hydrogens (tertiary/aromatic N) is 2. The fourth-order valence-electron chi connectivity index (χ4n) is 3.71. The average Bonchev–Trinajstić information content (AvgIpc) is 3.42. The molecular formula is C26H25FN6O3S. The Balaban J connectivity index is 1.61. The quantitative estimate of drug-likeness (QED) is 0.200. The Kier molecular flexibility index (Phi) is 7.07. The number of carbonyl (C=O) groups excluding carboxylic acids is 2. The molecule has 0 atom stereocenters. The van der Waals surface area contributed by atoms with Gasteiger partial charge in [-0.15, -0.1) is 11.3 Å². The van der Waals surface area contributed by atoms with Crippen LogP contribution in [0.2, 0.25) is 0 Å². The van der Waals surface area contributed by atoms with E-state index in [2.05, 4.69) is 15.7 Å². The first-order valence-electron chi connectivity index (χ1n) is 11.1. The number of methoxy groups -OCH3 is 1. The van der Waals surface area contributed by atoms with Crippen molar-refractivity contribution in [3.8, 4) is 5.75 Å². The molecule has 9 nitrogen and oxygen atoms in total. The molecule has 0 unspecified atom stereocenters. The molecule has 0 fully saturated rings. The first-order valence-corrected chi connectivity index (χ1v) is 11.9. The van der Waals surface area contributed by atoms with Crippen molar-refractivity contribution in [1.29, 1.82) is 5.41 Å². The number of carbonyl (C=O) groups is 2. The maximum absolute atomic E-state index is 14.8. The minimum atomic E-state index is -0.789. The number of fused-ring (bicyclic) bond motifs is 1. The third-order valence-corrected chi connectivity index (χ3v) is 6.94. The normalized spacial score (nSPS) is 11.4. The van der Waals surface area contributed by atoms with E-state index in [4.69, 9.17) is 15.9 Å². The Morgan fingerprint density at radius 1 is 1.16 bits per heavy atom. The molecule has 2 amide bonds. The molecule has 0 radical (unpaired) electrons. The molecule has 4 aromatic rings. The summed E-state index contributed by atoms with van der Waals surface area (Å²) in [5.74, 6) is -0.857. The Morgan fingerprint density at radius 3 is 2.57 bits per heavy atom. The summed E-state index contributed by atoms with van der Waals surface area (Å²) in [6, 6.07) is 11.5. The lowest BCUT2D eigenvalue weighted by molar-refractivity contribution is -0.114. The van der Waals surface area contributed by atoms with Crippen molar-refractivity contribution in [3.63, 3.8) is 0 Å². The third kappa shape index (κ3) is 5.36. The van der Waals surface area contributed by atoms with Crippen LogP contribution >= 0.6 is 11.3 Å². The van der Waals surface area contributed by atoms with Gasteiger partial charge >= 0.3 is 0 Å². The van der Waals surface area contributed by atoms with Gasteiger partial charge in [-0.2, -0.15) is 5.10 Å². The summed E-state index contributed by atoms with van der Waals surface area (Å²) < 4.78 is 22.5. The van der Waals surface area contributed by atoms with E-state index in [1.54, 1.807) is 44.0 Å². The Bertz CT molecular complexity index is 1570. The molecule has 2 aromatic carbocycles. The Hall–Kier alpha value is -4.51. The standard InChI is InChI=1S/C26H25FN6O3S/c1-13-9-23(32-33(13)3)30-20(25(29)34)12-19(28)17-6-7-18(27)24(14(17)2)31-26(35)22-11-15-10-16(36-4)5-8-21(15)37-22/h5-12,28H,1-4H3,(H2,29,34)(H,30,32)(H,31,35)/b20-12+,28-19?. The Labute approximate surface area is 216 Å². The van der Waals surface area contributed by atoms with E-state index >= 15 is 0 Å². The molecule has 4 rings (SSSR count). The van der Waals surface area contributed by atoms with Gasteiger partial charge in [0.05, 0.1) is 23.4 Å². The summed E-state index contributed by atoms with van der Waals surface area (Å²) in [5.41, 5.74) is 6.79. The first-order chi connectivity index (χ1) is 17.6. The number of anilines is 2. The van der Waals surface area contributed by atoms with Gasteiger partial charge in [-0.05, 0) is 67.3 Å². The van der Waals surface area contributed by atoms with Gasteiger partial charge in [0.2, 0.25) is 0 Å². The number of amides is 2. The summed E-state index contributed by atoms with van der Waals surface area (Å²) in [7, 11) is 3.32. The van der Waals surface area contributed by atoms with Gasteiger partial charge in [0, 0.05) is 29.1 Å². The number of aromatic nitrogens is 2. The summed E-state index contributed by atoms with van der Waals surface area (Å²) in [5, 5.41) is 19.1. The SMILES string of the molecule is COc1ccc2sc(C(=O)Nc3c(F)ccc(C(=N)/C=C(/Nc4cc(C)n(C)n4)C(N)=O)c3C)cc2c1. The van der Waals surface area contributed by atoms with E-state index in [1.807, 2.05) is 19.1 Å². The topological polar surface area (TPSA) is 135 Å². The molecule has 2 heterocycles. The monoisotopic (exact) mass is 520 g/mol. The van der Waals surface area contributed by atoms with Crippen molar-refractivity contribution in [2.24, 2.45) is 12.8 Å². The highest BCUT2D eigenvalue weighted by Crippen LogP contribution is 2.31. The van der Waals surface area contributed by atoms with Gasteiger partial charge in [0.15, 0.2) is 5.82 Å². The Morgan fingerprint density at radius 2 is 1.92 bits per heavy atom. The second-order valence-electron chi connectivity index (χ2n) is 8.32. The fraction of sp³-hybridized carbons (Fsp3) is 0.154. The van der Waals surface area contributed by atoms with Crippen molar-refractivity contribution in [2.75, 3.05) is 17.7 Å². The van der Waals surface area contributed by atoms with Crippen LogP contribution in [0.15, 0.2) is 54.2 Å². The molecule has 5 N–H and O–H groups in total. The molecule has 0 aliphatic carbocycles. The van der Waals surface area contributed by atoms with Crippen LogP contribution in [-0.4, -0.2) is 34.4 Å². The second-order valence-corrected chi connectivity index (χ2v) is 9.40. The number of ether oxygens (including phenoxy) is 1. The molecule has 0 spiro atoms. The van der Waals surface area contributed by atoms with Crippen LogP contribution in [0.4, 0.5) is 15.9 Å². The van der Waals surface area contributed by atoms with E-state index < -0.39 is 17.6 Å². The molecule has 190 valence electrons. The number of rotatable bonds is 8. The van der Waals surface area contributed by atoms with Crippen molar-refractivity contribution in [2.45, 2.75) is 13.8 Å². The number of allylic oxidation sites excluding steroid dienone is 1. The van der Waals surface area contributed by atoms with Crippen LogP contribution in [-0.2, 0) is 11.8 Å². The predicted octanol–water partition coefficient (Wildman–Crippen LogP) is 4.50. The number of halogens is 1. The number of aryl methyl sites for hydroxylation is 2. The van der Waals surface area contributed by atoms with Crippen molar-refractivity contribution < 1.29 is 18.7 Å². The van der Waals surface area contributed by atoms with Crippen molar-refractivity contribution in [3.05, 3.63) is 81.8 Å². The van der Waals surface area contributed by atoms with E-state index in [9.17, 15) is 14.0 Å². The lowest BCUT2D eigenvalue weighted by Gasteiger charge is -2.13. The van der Waals surface area contributed by atoms with E-state index in [0.717, 1.165) is 21.8 Å². The molecular weight excluding hydrogens is 495 g/mol. The van der Waals surface area contributed by atoms with E-state index in [1.165, 1.54) is 23.5 Å². The summed E-state index contributed by atoms with van der Waals surface area (Å²) >= 11 is 1.27. The van der Waals surface area contributed by atoms with Crippen molar-refractivity contribution in [1.82, 2.24) is 9.78 Å². The molecule has 0 saturated heterocycles. The van der Waals surface area contributed by atoms with E-state index in [0.29, 0.717) is 27.6 Å². The molecule has 0 saturated carbocycles. The van der Waals surface area contributed by atoms with E-state index in [-0.39, 0.29) is 17.1 Å². The highest BCUT2D eigenvalue weighted by molar-refractivity contribution is 7.20. The number of hydrogen-bond donors (Lipinski definition) is 4. The predicted molar refractivity (Wildman–Crippen MR) is 143 cm³/mol. The first kappa shape index (κ1) is 25.6. The second kappa shape index (κ2) is 10.2. The van der Waals surface area contributed by atoms with Crippen LogP contribution in [0.1, 0.15) is 26.5 Å². The molecule has 0 aliphatic rings. The highest BCUT2D eigenvalue weighted by atomic mass is 32.1. The molecule has 0 bridgehead atoms. The van der Waals surface area contributed by atoms with Crippen LogP contribution in [0.3, 0.4) is 0 Å². The molecule has 37 heavy (non-hydrogen) atoms. The third-order valence-electron chi connectivity index (χ3n) is 5.82. The van der Waals surface area contributed by atoms with Gasteiger partial charge in [0.1, 0.15) is 17.3 Å². The molecule has 0 aliphatic heterocycles. The van der Waals surface area contributed by atoms with Crippen LogP contribution in [0.25, 0.3) is 10.1 Å². The number of nitrogens with two attached hydrogens (primary N) is 1. The van der Waals surface area contributed by atoms with Gasteiger partial charge in [-0.3, -0.25) is 14.3 Å². The summed E-state index contributed by atoms with van der Waals surface area (Å²) in [4.78, 5) is 25.4. The van der Waals surface area contributed by atoms with Gasteiger partial charge in [0.25, 0.3) is 11.8 Å². The molecule has 2 aromatic heterocycles. The van der Waals surface area contributed by atoms with Gasteiger partial charge in [-0.25, -0.2) is 4.39 Å². The van der Waals surface area contributed by atoms with Crippen LogP contribution < -0.4 is 21.1 Å². The average molecular weight is 521 g/mol. The number of thiophene rings is 1. The number of nitrogens with one attached hydrogen (secondary N) is 3. The number of benzene rings is 2. The minimum absolute atomic E-state index is 0.0513. The zero-order valence-electron chi connectivity index (χ0n) is 20.6. The summed E-state index contributed by atoms with van der Waals surface area (Å²) in [6.45, 7) is 3.44. The van der Waals surface area contributed by atoms with Crippen LogP contribution in [0.5, 0.6) is 5.75 Å².